The smallest absolute Gasteiger partial charge is 0.143 e. The van der Waals surface area contributed by atoms with Crippen molar-refractivity contribution in [2.45, 2.75) is 45.1 Å². The molecule has 1 saturated heterocycles. The Morgan fingerprint density at radius 1 is 1.25 bits per heavy atom. The van der Waals surface area contributed by atoms with Crippen molar-refractivity contribution in [1.29, 1.82) is 0 Å². The summed E-state index contributed by atoms with van der Waals surface area (Å²) in [6.45, 7) is 2.72. The summed E-state index contributed by atoms with van der Waals surface area (Å²) in [5, 5.41) is 9.68. The SMILES string of the molecule is Cc1nc2c(C3CCCCO3)c(CC(=O)Cc3ccc(-n4nccn4)c(Cl)c3)cnc2s1. The average molecular weight is 468 g/mol. The molecule has 0 saturated carbocycles. The maximum atomic E-state index is 13.0. The molecule has 0 N–H and O–H groups in total. The summed E-state index contributed by atoms with van der Waals surface area (Å²) in [7, 11) is 0. The lowest BCUT2D eigenvalue weighted by Gasteiger charge is -2.25. The zero-order valence-corrected chi connectivity index (χ0v) is 19.2. The minimum atomic E-state index is -0.0335. The highest BCUT2D eigenvalue weighted by molar-refractivity contribution is 7.18. The fourth-order valence-corrected chi connectivity index (χ4v) is 5.22. The summed E-state index contributed by atoms with van der Waals surface area (Å²) in [5.41, 5.74) is 4.35. The molecule has 1 aromatic carbocycles. The molecule has 0 amide bonds. The quantitative estimate of drug-likeness (QED) is 0.404. The standard InChI is InChI=1S/C23H22ClN5O2S/c1-14-28-22-21(20-4-2-3-9-31-20)16(13-25-23(22)32-14)12-17(30)10-15-5-6-19(18(24)11-15)29-26-7-8-27-29/h5-8,11,13,20H,2-4,9-10,12H2,1H3. The number of ketones is 1. The molecule has 32 heavy (non-hydrogen) atoms. The van der Waals surface area contributed by atoms with E-state index in [4.69, 9.17) is 21.3 Å². The summed E-state index contributed by atoms with van der Waals surface area (Å²) in [6, 6.07) is 5.52. The van der Waals surface area contributed by atoms with Gasteiger partial charge in [0.05, 0.1) is 28.5 Å². The van der Waals surface area contributed by atoms with Gasteiger partial charge in [-0.15, -0.1) is 0 Å². The van der Waals surface area contributed by atoms with Gasteiger partial charge in [0.1, 0.15) is 21.8 Å². The first-order valence-electron chi connectivity index (χ1n) is 10.6. The van der Waals surface area contributed by atoms with Gasteiger partial charge < -0.3 is 4.74 Å². The Morgan fingerprint density at radius 2 is 2.09 bits per heavy atom. The number of ether oxygens (including phenoxy) is 1. The fourth-order valence-electron chi connectivity index (χ4n) is 4.17. The van der Waals surface area contributed by atoms with E-state index in [0.29, 0.717) is 10.7 Å². The molecule has 1 aliphatic rings. The van der Waals surface area contributed by atoms with Crippen LogP contribution in [-0.2, 0) is 22.4 Å². The Labute approximate surface area is 194 Å². The van der Waals surface area contributed by atoms with Crippen LogP contribution in [0.2, 0.25) is 5.02 Å². The van der Waals surface area contributed by atoms with Crippen LogP contribution in [0.5, 0.6) is 0 Å². The highest BCUT2D eigenvalue weighted by Crippen LogP contribution is 2.36. The minimum absolute atomic E-state index is 0.0335. The molecule has 1 aliphatic heterocycles. The van der Waals surface area contributed by atoms with Crippen LogP contribution >= 0.6 is 22.9 Å². The Hall–Kier alpha value is -2.68. The molecule has 4 heterocycles. The topological polar surface area (TPSA) is 82.8 Å². The molecule has 0 spiro atoms. The Bertz CT molecular complexity index is 1270. The molecule has 9 heteroatoms. The number of pyridine rings is 1. The predicted molar refractivity (Wildman–Crippen MR) is 123 cm³/mol. The lowest BCUT2D eigenvalue weighted by molar-refractivity contribution is -0.117. The predicted octanol–water partition coefficient (Wildman–Crippen LogP) is 4.83. The van der Waals surface area contributed by atoms with Crippen molar-refractivity contribution in [3.63, 3.8) is 0 Å². The van der Waals surface area contributed by atoms with Crippen LogP contribution in [0.1, 0.15) is 47.1 Å². The van der Waals surface area contributed by atoms with Gasteiger partial charge in [-0.25, -0.2) is 9.97 Å². The van der Waals surface area contributed by atoms with Crippen molar-refractivity contribution in [2.75, 3.05) is 6.61 Å². The summed E-state index contributed by atoms with van der Waals surface area (Å²) in [6.07, 6.45) is 8.67. The van der Waals surface area contributed by atoms with Gasteiger partial charge in [0.15, 0.2) is 0 Å². The monoisotopic (exact) mass is 467 g/mol. The third-order valence-corrected chi connectivity index (χ3v) is 6.77. The van der Waals surface area contributed by atoms with Crippen molar-refractivity contribution in [1.82, 2.24) is 25.0 Å². The fraction of sp³-hybridized carbons (Fsp3) is 0.348. The van der Waals surface area contributed by atoms with Crippen LogP contribution in [0.25, 0.3) is 16.0 Å². The van der Waals surface area contributed by atoms with E-state index in [2.05, 4.69) is 15.2 Å². The van der Waals surface area contributed by atoms with E-state index in [1.54, 1.807) is 29.8 Å². The number of hydrogen-bond donors (Lipinski definition) is 0. The molecule has 4 aromatic rings. The first-order valence-corrected chi connectivity index (χ1v) is 11.8. The van der Waals surface area contributed by atoms with Crippen molar-refractivity contribution in [3.8, 4) is 5.69 Å². The number of thiazole rings is 1. The van der Waals surface area contributed by atoms with Gasteiger partial charge >= 0.3 is 0 Å². The molecule has 3 aromatic heterocycles. The Balaban J connectivity index is 1.39. The number of aromatic nitrogens is 5. The third-order valence-electron chi connectivity index (χ3n) is 5.59. The van der Waals surface area contributed by atoms with E-state index < -0.39 is 0 Å². The van der Waals surface area contributed by atoms with E-state index >= 15 is 0 Å². The van der Waals surface area contributed by atoms with Crippen LogP contribution in [0, 0.1) is 6.92 Å². The van der Waals surface area contributed by atoms with Crippen LogP contribution in [0.3, 0.4) is 0 Å². The number of rotatable bonds is 6. The Kier molecular flexibility index (Phi) is 5.99. The number of hydrogen-bond acceptors (Lipinski definition) is 7. The largest absolute Gasteiger partial charge is 0.373 e. The average Bonchev–Trinajstić information content (AvgIpc) is 3.43. The number of carbonyl (C=O) groups excluding carboxylic acids is 1. The van der Waals surface area contributed by atoms with Gasteiger partial charge in [-0.2, -0.15) is 15.0 Å². The maximum absolute atomic E-state index is 13.0. The minimum Gasteiger partial charge on any atom is -0.373 e. The van der Waals surface area contributed by atoms with Gasteiger partial charge in [0.2, 0.25) is 0 Å². The van der Waals surface area contributed by atoms with E-state index in [1.807, 2.05) is 25.3 Å². The second kappa shape index (κ2) is 9.05. The zero-order valence-electron chi connectivity index (χ0n) is 17.6. The van der Waals surface area contributed by atoms with E-state index in [1.165, 1.54) is 4.80 Å². The zero-order chi connectivity index (χ0) is 22.1. The van der Waals surface area contributed by atoms with Crippen molar-refractivity contribution in [2.24, 2.45) is 0 Å². The van der Waals surface area contributed by atoms with E-state index in [0.717, 1.165) is 57.9 Å². The molecule has 5 rings (SSSR count). The van der Waals surface area contributed by atoms with Gasteiger partial charge in [-0.05, 0) is 49.4 Å². The number of halogens is 1. The van der Waals surface area contributed by atoms with Crippen molar-refractivity contribution in [3.05, 3.63) is 63.5 Å². The van der Waals surface area contributed by atoms with Crippen LogP contribution < -0.4 is 0 Å². The molecular weight excluding hydrogens is 446 g/mol. The second-order valence-corrected chi connectivity index (χ2v) is 9.52. The molecule has 0 aliphatic carbocycles. The third kappa shape index (κ3) is 4.30. The number of benzene rings is 1. The molecule has 1 atom stereocenters. The molecule has 0 bridgehead atoms. The number of Topliss-reactive ketones (excluding diaryl/α,β-unsaturated/α-hetero) is 1. The van der Waals surface area contributed by atoms with Crippen LogP contribution in [0.15, 0.2) is 36.8 Å². The molecule has 164 valence electrons. The molecule has 7 nitrogen and oxygen atoms in total. The number of aryl methyl sites for hydroxylation is 1. The number of fused-ring (bicyclic) bond motifs is 1. The first kappa shape index (κ1) is 21.2. The van der Waals surface area contributed by atoms with Crippen molar-refractivity contribution >= 4 is 39.1 Å². The summed E-state index contributed by atoms with van der Waals surface area (Å²) < 4.78 is 6.08. The Morgan fingerprint density at radius 3 is 2.84 bits per heavy atom. The highest BCUT2D eigenvalue weighted by atomic mass is 35.5. The van der Waals surface area contributed by atoms with Gasteiger partial charge in [0, 0.05) is 31.2 Å². The van der Waals surface area contributed by atoms with Crippen LogP contribution in [-0.4, -0.2) is 37.4 Å². The molecule has 1 fully saturated rings. The summed E-state index contributed by atoms with van der Waals surface area (Å²) in [5.74, 6) is 0.0937. The second-order valence-electron chi connectivity index (χ2n) is 7.94. The number of nitrogens with zero attached hydrogens (tertiary/aromatic N) is 5. The lowest BCUT2D eigenvalue weighted by Crippen LogP contribution is -2.16. The van der Waals surface area contributed by atoms with Gasteiger partial charge in [0.25, 0.3) is 0 Å². The van der Waals surface area contributed by atoms with Gasteiger partial charge in [-0.3, -0.25) is 4.79 Å². The summed E-state index contributed by atoms with van der Waals surface area (Å²) in [4.78, 5) is 24.7. The molecular formula is C23H22ClN5O2S. The van der Waals surface area contributed by atoms with Gasteiger partial charge in [-0.1, -0.05) is 29.0 Å². The molecule has 1 unspecified atom stereocenters. The van der Waals surface area contributed by atoms with Crippen molar-refractivity contribution < 1.29 is 9.53 Å². The normalized spacial score (nSPS) is 16.5. The molecule has 0 radical (unpaired) electrons. The maximum Gasteiger partial charge on any atom is 0.143 e. The van der Waals surface area contributed by atoms with E-state index in [9.17, 15) is 4.79 Å². The van der Waals surface area contributed by atoms with E-state index in [-0.39, 0.29) is 24.7 Å². The summed E-state index contributed by atoms with van der Waals surface area (Å²) >= 11 is 7.99. The number of carbonyl (C=O) groups is 1. The highest BCUT2D eigenvalue weighted by Gasteiger charge is 2.25. The van der Waals surface area contributed by atoms with Crippen LogP contribution in [0.4, 0.5) is 0 Å². The first-order chi connectivity index (χ1) is 15.6. The lowest BCUT2D eigenvalue weighted by atomic mass is 9.93.